The van der Waals surface area contributed by atoms with Gasteiger partial charge >= 0.3 is 0 Å². The third-order valence-corrected chi connectivity index (χ3v) is 6.54. The molecule has 2 amide bonds. The van der Waals surface area contributed by atoms with Gasteiger partial charge in [0.05, 0.1) is 44.9 Å². The number of carbonyl (C=O) groups excluding carboxylic acids is 2. The molecule has 0 bridgehead atoms. The molecule has 0 spiro atoms. The molecular weight excluding hydrogens is 438 g/mol. The van der Waals surface area contributed by atoms with Crippen molar-refractivity contribution in [1.29, 1.82) is 0 Å². The first-order valence-electron chi connectivity index (χ1n) is 10.2. The predicted octanol–water partition coefficient (Wildman–Crippen LogP) is 3.35. The highest BCUT2D eigenvalue weighted by atomic mass is 32.1. The monoisotopic (exact) mass is 459 g/mol. The van der Waals surface area contributed by atoms with Crippen molar-refractivity contribution < 1.29 is 9.59 Å². The molecule has 0 aliphatic heterocycles. The minimum Gasteiger partial charge on any atom is -0.383 e. The number of carbonyl (C=O) groups is 2. The zero-order chi connectivity index (χ0) is 23.3. The number of benzene rings is 2. The number of thiazole rings is 1. The van der Waals surface area contributed by atoms with Crippen LogP contribution < -0.4 is 5.73 Å². The van der Waals surface area contributed by atoms with Gasteiger partial charge in [0.1, 0.15) is 5.82 Å². The van der Waals surface area contributed by atoms with Crippen LogP contribution in [0.15, 0.2) is 48.1 Å². The normalized spacial score (nSPS) is 11.4. The molecule has 3 aromatic heterocycles. The Morgan fingerprint density at radius 3 is 2.73 bits per heavy atom. The van der Waals surface area contributed by atoms with Gasteiger partial charge in [-0.2, -0.15) is 5.10 Å². The van der Waals surface area contributed by atoms with Crippen LogP contribution in [0.3, 0.4) is 0 Å². The van der Waals surface area contributed by atoms with Gasteiger partial charge < -0.3 is 5.73 Å². The van der Waals surface area contributed by atoms with E-state index in [1.807, 2.05) is 25.2 Å². The maximum Gasteiger partial charge on any atom is 0.272 e. The average Bonchev–Trinajstić information content (AvgIpc) is 3.43. The van der Waals surface area contributed by atoms with Crippen molar-refractivity contribution in [3.63, 3.8) is 0 Å². The Bertz CT molecular complexity index is 1560. The van der Waals surface area contributed by atoms with Crippen molar-refractivity contribution in [1.82, 2.24) is 29.8 Å². The van der Waals surface area contributed by atoms with E-state index in [1.54, 1.807) is 53.0 Å². The van der Waals surface area contributed by atoms with Gasteiger partial charge in [-0.15, -0.1) is 11.3 Å². The summed E-state index contributed by atoms with van der Waals surface area (Å²) in [6, 6.07) is 11.1. The van der Waals surface area contributed by atoms with Crippen LogP contribution in [0, 0.1) is 0 Å². The Morgan fingerprint density at radius 1 is 1.12 bits per heavy atom. The Morgan fingerprint density at radius 2 is 1.94 bits per heavy atom. The van der Waals surface area contributed by atoms with Crippen LogP contribution in [0.2, 0.25) is 0 Å². The zero-order valence-electron chi connectivity index (χ0n) is 18.3. The number of hydrogen-bond donors (Lipinski definition) is 1. The second-order valence-corrected chi connectivity index (χ2v) is 8.71. The van der Waals surface area contributed by atoms with E-state index >= 15 is 0 Å². The Hall–Kier alpha value is -4.05. The molecule has 9 nitrogen and oxygen atoms in total. The Balaban J connectivity index is 1.58. The lowest BCUT2D eigenvalue weighted by Gasteiger charge is -2.31. The number of anilines is 1. The number of hydrazine groups is 1. The second-order valence-electron chi connectivity index (χ2n) is 7.82. The lowest BCUT2D eigenvalue weighted by Crippen LogP contribution is -2.46. The van der Waals surface area contributed by atoms with Crippen LogP contribution >= 0.6 is 11.3 Å². The number of aryl methyl sites for hydroxylation is 1. The standard InChI is InChI=1S/C23H21N7O2S/c1-13(31)29(3)30(11-14-4-7-20-19(8-14)25-12-33-20)23(32)15-5-6-18-16(9-15)21-17(22(24)27-18)10-26-28(21)2/h4-10,12H,11H2,1-3H3,(H2,24,27). The fourth-order valence-electron chi connectivity index (χ4n) is 3.90. The smallest absolute Gasteiger partial charge is 0.272 e. The van der Waals surface area contributed by atoms with Crippen molar-refractivity contribution in [3.05, 3.63) is 59.2 Å². The summed E-state index contributed by atoms with van der Waals surface area (Å²) in [5, 5.41) is 8.54. The molecular formula is C23H21N7O2S. The van der Waals surface area contributed by atoms with Crippen LogP contribution in [-0.2, 0) is 18.4 Å². The lowest BCUT2D eigenvalue weighted by atomic mass is 10.1. The third kappa shape index (κ3) is 3.54. The van der Waals surface area contributed by atoms with Crippen molar-refractivity contribution in [2.75, 3.05) is 12.8 Å². The van der Waals surface area contributed by atoms with E-state index in [1.165, 1.54) is 16.9 Å². The van der Waals surface area contributed by atoms with Gasteiger partial charge in [-0.1, -0.05) is 6.07 Å². The number of aromatic nitrogens is 4. The van der Waals surface area contributed by atoms with Crippen LogP contribution in [0.5, 0.6) is 0 Å². The van der Waals surface area contributed by atoms with Crippen LogP contribution in [0.25, 0.3) is 32.0 Å². The van der Waals surface area contributed by atoms with E-state index < -0.39 is 0 Å². The van der Waals surface area contributed by atoms with Crippen LogP contribution in [0.1, 0.15) is 22.8 Å². The predicted molar refractivity (Wildman–Crippen MR) is 128 cm³/mol. The first-order chi connectivity index (χ1) is 15.8. The number of amides is 2. The SMILES string of the molecule is CC(=O)N(C)N(Cc1ccc2scnc2c1)C(=O)c1ccc2nc(N)c3cnn(C)c3c2c1. The van der Waals surface area contributed by atoms with E-state index in [0.717, 1.165) is 32.1 Å². The first-order valence-corrected chi connectivity index (χ1v) is 11.1. The van der Waals surface area contributed by atoms with E-state index in [2.05, 4.69) is 15.1 Å². The highest BCUT2D eigenvalue weighted by Gasteiger charge is 2.24. The van der Waals surface area contributed by atoms with Crippen molar-refractivity contribution in [2.24, 2.45) is 7.05 Å². The van der Waals surface area contributed by atoms with Crippen molar-refractivity contribution in [3.8, 4) is 0 Å². The summed E-state index contributed by atoms with van der Waals surface area (Å²) in [4.78, 5) is 34.6. The molecule has 0 saturated carbocycles. The zero-order valence-corrected chi connectivity index (χ0v) is 19.1. The van der Waals surface area contributed by atoms with Crippen molar-refractivity contribution in [2.45, 2.75) is 13.5 Å². The summed E-state index contributed by atoms with van der Waals surface area (Å²) in [7, 11) is 3.41. The fraction of sp³-hybridized carbons (Fsp3) is 0.174. The van der Waals surface area contributed by atoms with E-state index in [0.29, 0.717) is 16.9 Å². The molecule has 33 heavy (non-hydrogen) atoms. The van der Waals surface area contributed by atoms with E-state index in [4.69, 9.17) is 5.73 Å². The lowest BCUT2D eigenvalue weighted by molar-refractivity contribution is -0.140. The quantitative estimate of drug-likeness (QED) is 0.414. The van der Waals surface area contributed by atoms with Crippen LogP contribution in [-0.4, -0.2) is 48.6 Å². The highest BCUT2D eigenvalue weighted by molar-refractivity contribution is 7.16. The molecule has 2 aromatic carbocycles. The Labute approximate surface area is 193 Å². The maximum absolute atomic E-state index is 13.6. The second kappa shape index (κ2) is 7.82. The summed E-state index contributed by atoms with van der Waals surface area (Å²) in [6.07, 6.45) is 1.66. The molecule has 0 radical (unpaired) electrons. The Kier molecular flexibility index (Phi) is 4.94. The van der Waals surface area contributed by atoms with Crippen LogP contribution in [0.4, 0.5) is 5.82 Å². The third-order valence-electron chi connectivity index (χ3n) is 5.73. The number of hydrogen-bond acceptors (Lipinski definition) is 7. The van der Waals surface area contributed by atoms with Gasteiger partial charge in [0.2, 0.25) is 5.91 Å². The fourth-order valence-corrected chi connectivity index (χ4v) is 4.56. The topological polar surface area (TPSA) is 110 Å². The van der Waals surface area contributed by atoms with Gasteiger partial charge in [-0.05, 0) is 35.9 Å². The first kappa shape index (κ1) is 20.8. The summed E-state index contributed by atoms with van der Waals surface area (Å²) in [6.45, 7) is 1.65. The molecule has 5 aromatic rings. The average molecular weight is 460 g/mol. The van der Waals surface area contributed by atoms with Gasteiger partial charge in [0, 0.05) is 32.0 Å². The summed E-state index contributed by atoms with van der Waals surface area (Å²) < 4.78 is 2.78. The number of pyridine rings is 1. The molecule has 0 unspecified atom stereocenters. The minimum absolute atomic E-state index is 0.224. The minimum atomic E-state index is -0.305. The summed E-state index contributed by atoms with van der Waals surface area (Å²) in [5.74, 6) is -0.164. The molecule has 5 rings (SSSR count). The highest BCUT2D eigenvalue weighted by Crippen LogP contribution is 2.29. The number of nitrogen functional groups attached to an aromatic ring is 1. The molecule has 0 saturated heterocycles. The number of fused-ring (bicyclic) bond motifs is 4. The van der Waals surface area contributed by atoms with Gasteiger partial charge in [0.15, 0.2) is 0 Å². The van der Waals surface area contributed by atoms with Gasteiger partial charge in [-0.25, -0.2) is 15.0 Å². The summed E-state index contributed by atoms with van der Waals surface area (Å²) in [5.41, 5.74) is 11.5. The molecule has 0 aliphatic carbocycles. The number of nitrogens with two attached hydrogens (primary N) is 1. The van der Waals surface area contributed by atoms with Crippen molar-refractivity contribution >= 4 is 61.0 Å². The molecule has 2 N–H and O–H groups in total. The van der Waals surface area contributed by atoms with E-state index in [9.17, 15) is 9.59 Å². The summed E-state index contributed by atoms with van der Waals surface area (Å²) >= 11 is 1.56. The molecule has 0 atom stereocenters. The van der Waals surface area contributed by atoms with Gasteiger partial charge in [0.25, 0.3) is 5.91 Å². The molecule has 166 valence electrons. The molecule has 10 heteroatoms. The molecule has 0 aliphatic rings. The van der Waals surface area contributed by atoms with E-state index in [-0.39, 0.29) is 18.4 Å². The van der Waals surface area contributed by atoms with Gasteiger partial charge in [-0.3, -0.25) is 19.3 Å². The molecule has 3 heterocycles. The number of rotatable bonds is 3. The molecule has 0 fully saturated rings. The largest absolute Gasteiger partial charge is 0.383 e. The number of nitrogens with zero attached hydrogens (tertiary/aromatic N) is 6. The maximum atomic E-state index is 13.6.